The molecule has 0 aliphatic rings. The van der Waals surface area contributed by atoms with E-state index in [1.807, 2.05) is 51.1 Å². The van der Waals surface area contributed by atoms with Crippen LogP contribution in [-0.4, -0.2) is 12.5 Å². The molecule has 0 spiro atoms. The molecule has 0 aliphatic heterocycles. The first-order chi connectivity index (χ1) is 9.95. The van der Waals surface area contributed by atoms with Gasteiger partial charge in [0.15, 0.2) is 0 Å². The zero-order chi connectivity index (χ0) is 15.4. The number of hydrogen-bond donors (Lipinski definition) is 2. The Morgan fingerprint density at radius 3 is 2.33 bits per heavy atom. The second-order valence-electron chi connectivity index (χ2n) is 5.18. The van der Waals surface area contributed by atoms with Crippen molar-refractivity contribution in [1.29, 1.82) is 0 Å². The third-order valence-electron chi connectivity index (χ3n) is 3.28. The number of halogens is 1. The van der Waals surface area contributed by atoms with E-state index in [1.165, 1.54) is 5.56 Å². The first-order valence-corrected chi connectivity index (χ1v) is 7.20. The first kappa shape index (κ1) is 15.4. The minimum absolute atomic E-state index is 0.0729. The van der Waals surface area contributed by atoms with Crippen LogP contribution < -0.4 is 10.6 Å². The van der Waals surface area contributed by atoms with Gasteiger partial charge in [0.25, 0.3) is 0 Å². The van der Waals surface area contributed by atoms with Crippen molar-refractivity contribution in [2.45, 2.75) is 20.8 Å². The van der Waals surface area contributed by atoms with E-state index in [9.17, 15) is 4.79 Å². The van der Waals surface area contributed by atoms with Gasteiger partial charge in [-0.1, -0.05) is 29.3 Å². The second kappa shape index (κ2) is 6.64. The molecule has 3 nitrogen and oxygen atoms in total. The van der Waals surface area contributed by atoms with Gasteiger partial charge < -0.3 is 10.6 Å². The molecular formula is C17H19ClN2O. The van der Waals surface area contributed by atoms with Crippen molar-refractivity contribution in [3.63, 3.8) is 0 Å². The summed E-state index contributed by atoms with van der Waals surface area (Å²) in [7, 11) is 0. The molecule has 0 heterocycles. The third-order valence-corrected chi connectivity index (χ3v) is 3.52. The van der Waals surface area contributed by atoms with Crippen molar-refractivity contribution in [3.8, 4) is 0 Å². The molecule has 0 saturated carbocycles. The van der Waals surface area contributed by atoms with Crippen LogP contribution in [0.3, 0.4) is 0 Å². The predicted molar refractivity (Wildman–Crippen MR) is 89.2 cm³/mol. The summed E-state index contributed by atoms with van der Waals surface area (Å²) in [5.74, 6) is -0.0729. The highest BCUT2D eigenvalue weighted by atomic mass is 35.5. The number of hydrogen-bond acceptors (Lipinski definition) is 2. The zero-order valence-corrected chi connectivity index (χ0v) is 13.2. The van der Waals surface area contributed by atoms with Crippen molar-refractivity contribution < 1.29 is 4.79 Å². The Kier molecular flexibility index (Phi) is 4.86. The van der Waals surface area contributed by atoms with E-state index in [0.717, 1.165) is 22.5 Å². The third kappa shape index (κ3) is 4.23. The summed E-state index contributed by atoms with van der Waals surface area (Å²) < 4.78 is 0. The molecule has 2 rings (SSSR count). The van der Waals surface area contributed by atoms with Crippen LogP contribution in [0.1, 0.15) is 16.7 Å². The summed E-state index contributed by atoms with van der Waals surface area (Å²) in [6.45, 7) is 6.19. The van der Waals surface area contributed by atoms with Crippen LogP contribution in [0.15, 0.2) is 36.4 Å². The highest BCUT2D eigenvalue weighted by molar-refractivity contribution is 6.30. The molecule has 2 N–H and O–H groups in total. The SMILES string of the molecule is Cc1ccc(NC(=O)CNc2ccc(Cl)cc2C)c(C)c1. The van der Waals surface area contributed by atoms with E-state index in [0.29, 0.717) is 5.02 Å². The highest BCUT2D eigenvalue weighted by Crippen LogP contribution is 2.19. The number of carbonyl (C=O) groups is 1. The molecule has 0 fully saturated rings. The van der Waals surface area contributed by atoms with Gasteiger partial charge in [-0.3, -0.25) is 4.79 Å². The monoisotopic (exact) mass is 302 g/mol. The van der Waals surface area contributed by atoms with Crippen LogP contribution in [0.2, 0.25) is 5.02 Å². The van der Waals surface area contributed by atoms with Gasteiger partial charge in [-0.05, 0) is 56.2 Å². The first-order valence-electron chi connectivity index (χ1n) is 6.83. The fraction of sp³-hybridized carbons (Fsp3) is 0.235. The number of rotatable bonds is 4. The molecular weight excluding hydrogens is 284 g/mol. The summed E-state index contributed by atoms with van der Waals surface area (Å²) in [4.78, 5) is 12.0. The largest absolute Gasteiger partial charge is 0.376 e. The number of carbonyl (C=O) groups excluding carboxylic acids is 1. The number of benzene rings is 2. The minimum Gasteiger partial charge on any atom is -0.376 e. The van der Waals surface area contributed by atoms with Crippen molar-refractivity contribution in [1.82, 2.24) is 0 Å². The molecule has 0 aliphatic carbocycles. The standard InChI is InChI=1S/C17H19ClN2O/c1-11-4-6-16(12(2)8-11)20-17(21)10-19-15-7-5-14(18)9-13(15)3/h4-9,19H,10H2,1-3H3,(H,20,21). The van der Waals surface area contributed by atoms with E-state index < -0.39 is 0 Å². The number of amides is 1. The maximum absolute atomic E-state index is 12.0. The molecule has 4 heteroatoms. The second-order valence-corrected chi connectivity index (χ2v) is 5.62. The Balaban J connectivity index is 1.96. The Morgan fingerprint density at radius 1 is 1.00 bits per heavy atom. The Morgan fingerprint density at radius 2 is 1.67 bits per heavy atom. The molecule has 2 aromatic rings. The summed E-state index contributed by atoms with van der Waals surface area (Å²) in [6.07, 6.45) is 0. The smallest absolute Gasteiger partial charge is 0.243 e. The van der Waals surface area contributed by atoms with Crippen LogP contribution in [0.5, 0.6) is 0 Å². The van der Waals surface area contributed by atoms with Crippen LogP contribution in [0.4, 0.5) is 11.4 Å². The summed E-state index contributed by atoms with van der Waals surface area (Å²) >= 11 is 5.91. The summed E-state index contributed by atoms with van der Waals surface area (Å²) in [6, 6.07) is 11.5. The van der Waals surface area contributed by atoms with Crippen molar-refractivity contribution >= 4 is 28.9 Å². The summed E-state index contributed by atoms with van der Waals surface area (Å²) in [5, 5.41) is 6.72. The molecule has 0 saturated heterocycles. The number of nitrogens with one attached hydrogen (secondary N) is 2. The Hall–Kier alpha value is -2.00. The molecule has 0 aromatic heterocycles. The van der Waals surface area contributed by atoms with Gasteiger partial charge in [-0.2, -0.15) is 0 Å². The van der Waals surface area contributed by atoms with Gasteiger partial charge >= 0.3 is 0 Å². The lowest BCUT2D eigenvalue weighted by molar-refractivity contribution is -0.114. The van der Waals surface area contributed by atoms with Crippen molar-refractivity contribution in [2.24, 2.45) is 0 Å². The van der Waals surface area contributed by atoms with Gasteiger partial charge in [0.05, 0.1) is 6.54 Å². The fourth-order valence-corrected chi connectivity index (χ4v) is 2.38. The molecule has 0 atom stereocenters. The van der Waals surface area contributed by atoms with E-state index >= 15 is 0 Å². The normalized spacial score (nSPS) is 10.3. The van der Waals surface area contributed by atoms with Crippen molar-refractivity contribution in [3.05, 3.63) is 58.1 Å². The topological polar surface area (TPSA) is 41.1 Å². The van der Waals surface area contributed by atoms with Gasteiger partial charge in [0, 0.05) is 16.4 Å². The number of aryl methyl sites for hydroxylation is 3. The van der Waals surface area contributed by atoms with Crippen LogP contribution in [-0.2, 0) is 4.79 Å². The van der Waals surface area contributed by atoms with Crippen LogP contribution in [0.25, 0.3) is 0 Å². The molecule has 21 heavy (non-hydrogen) atoms. The lowest BCUT2D eigenvalue weighted by Crippen LogP contribution is -2.22. The van der Waals surface area contributed by atoms with E-state index in [2.05, 4.69) is 10.6 Å². The zero-order valence-electron chi connectivity index (χ0n) is 12.5. The Labute approximate surface area is 130 Å². The minimum atomic E-state index is -0.0729. The summed E-state index contributed by atoms with van der Waals surface area (Å²) in [5.41, 5.74) is 5.02. The molecule has 0 radical (unpaired) electrons. The van der Waals surface area contributed by atoms with Gasteiger partial charge in [0.2, 0.25) is 5.91 Å². The van der Waals surface area contributed by atoms with E-state index in [-0.39, 0.29) is 12.5 Å². The van der Waals surface area contributed by atoms with E-state index in [4.69, 9.17) is 11.6 Å². The highest BCUT2D eigenvalue weighted by Gasteiger charge is 2.06. The maximum Gasteiger partial charge on any atom is 0.243 e. The molecule has 0 unspecified atom stereocenters. The van der Waals surface area contributed by atoms with Gasteiger partial charge in [0.1, 0.15) is 0 Å². The predicted octanol–water partition coefficient (Wildman–Crippen LogP) is 4.32. The van der Waals surface area contributed by atoms with Gasteiger partial charge in [-0.15, -0.1) is 0 Å². The van der Waals surface area contributed by atoms with Gasteiger partial charge in [-0.25, -0.2) is 0 Å². The average Bonchev–Trinajstić information content (AvgIpc) is 2.41. The lowest BCUT2D eigenvalue weighted by atomic mass is 10.1. The molecule has 2 aromatic carbocycles. The maximum atomic E-state index is 12.0. The molecule has 0 bridgehead atoms. The van der Waals surface area contributed by atoms with E-state index in [1.54, 1.807) is 6.07 Å². The Bertz CT molecular complexity index is 668. The quantitative estimate of drug-likeness (QED) is 0.883. The molecule has 1 amide bonds. The van der Waals surface area contributed by atoms with Crippen molar-refractivity contribution in [2.75, 3.05) is 17.2 Å². The molecule has 110 valence electrons. The number of anilines is 2. The lowest BCUT2D eigenvalue weighted by Gasteiger charge is -2.12. The van der Waals surface area contributed by atoms with Crippen LogP contribution in [0, 0.1) is 20.8 Å². The fourth-order valence-electron chi connectivity index (χ4n) is 2.15. The van der Waals surface area contributed by atoms with Crippen LogP contribution >= 0.6 is 11.6 Å². The average molecular weight is 303 g/mol.